The zero-order valence-corrected chi connectivity index (χ0v) is 20.3. The highest BCUT2D eigenvalue weighted by Crippen LogP contribution is 2.42. The number of amides is 1. The molecule has 2 aliphatic rings. The molecule has 1 fully saturated rings. The minimum absolute atomic E-state index is 0.177. The monoisotopic (exact) mass is 510 g/mol. The molecule has 12 heteroatoms. The summed E-state index contributed by atoms with van der Waals surface area (Å²) in [5, 5.41) is 27.7. The molecule has 0 aliphatic carbocycles. The Kier molecular flexibility index (Phi) is 6.36. The molecule has 5 rings (SSSR count). The van der Waals surface area contributed by atoms with E-state index >= 15 is 0 Å². The predicted octanol–water partition coefficient (Wildman–Crippen LogP) is 3.31. The maximum absolute atomic E-state index is 13.5. The number of likely N-dealkylation sites (tertiary alicyclic amines) is 1. The summed E-state index contributed by atoms with van der Waals surface area (Å²) < 4.78 is 19.4. The van der Waals surface area contributed by atoms with Crippen LogP contribution >= 0.6 is 11.6 Å². The molecular formula is C24H24ClFN8O2. The van der Waals surface area contributed by atoms with Gasteiger partial charge in [-0.25, -0.2) is 4.39 Å². The van der Waals surface area contributed by atoms with Gasteiger partial charge in [0, 0.05) is 26.2 Å². The van der Waals surface area contributed by atoms with Crippen molar-refractivity contribution in [1.29, 1.82) is 5.26 Å². The lowest BCUT2D eigenvalue weighted by Gasteiger charge is -2.40. The molecule has 2 N–H and O–H groups in total. The molecular weight excluding hydrogens is 487 g/mol. The second-order valence-corrected chi connectivity index (χ2v) is 9.41. The van der Waals surface area contributed by atoms with Gasteiger partial charge in [-0.15, -0.1) is 5.10 Å². The second-order valence-electron chi connectivity index (χ2n) is 9.00. The third-order valence-electron chi connectivity index (χ3n) is 6.80. The average Bonchev–Trinajstić information content (AvgIpc) is 3.44. The number of halogens is 2. The molecule has 0 saturated carbocycles. The van der Waals surface area contributed by atoms with Crippen LogP contribution in [0.3, 0.4) is 0 Å². The number of aromatic nitrogens is 4. The molecule has 2 aromatic carbocycles. The van der Waals surface area contributed by atoms with Gasteiger partial charge >= 0.3 is 0 Å². The summed E-state index contributed by atoms with van der Waals surface area (Å²) in [6, 6.07) is 12.1. The number of aromatic amines is 1. The zero-order chi connectivity index (χ0) is 25.3. The van der Waals surface area contributed by atoms with Crippen molar-refractivity contribution in [3.8, 4) is 11.8 Å². The lowest BCUT2D eigenvalue weighted by atomic mass is 9.75. The molecule has 36 heavy (non-hydrogen) atoms. The molecule has 1 atom stereocenters. The van der Waals surface area contributed by atoms with E-state index < -0.39 is 11.5 Å². The number of ether oxygens (including phenoxy) is 1. The molecule has 1 unspecified atom stereocenters. The minimum Gasteiger partial charge on any atom is -0.476 e. The number of rotatable bonds is 5. The lowest BCUT2D eigenvalue weighted by molar-refractivity contribution is -0.140. The van der Waals surface area contributed by atoms with E-state index in [2.05, 4.69) is 32.0 Å². The van der Waals surface area contributed by atoms with Crippen LogP contribution < -0.4 is 15.0 Å². The maximum Gasteiger partial charge on any atom is 0.270 e. The molecule has 186 valence electrons. The quantitative estimate of drug-likeness (QED) is 0.536. The Bertz CT molecular complexity index is 1290. The Morgan fingerprint density at radius 1 is 1.33 bits per heavy atom. The van der Waals surface area contributed by atoms with Gasteiger partial charge in [0.1, 0.15) is 11.6 Å². The number of nitrogens with one attached hydrogen (secondary N) is 2. The molecule has 1 saturated heterocycles. The number of hydrogen-bond acceptors (Lipinski definition) is 8. The Morgan fingerprint density at radius 2 is 2.08 bits per heavy atom. The van der Waals surface area contributed by atoms with Gasteiger partial charge in [0.2, 0.25) is 0 Å². The fourth-order valence-corrected chi connectivity index (χ4v) is 5.02. The van der Waals surface area contributed by atoms with Crippen LogP contribution in [0, 0.1) is 22.6 Å². The van der Waals surface area contributed by atoms with Gasteiger partial charge in [-0.2, -0.15) is 10.5 Å². The number of tetrazole rings is 1. The lowest BCUT2D eigenvalue weighted by Crippen LogP contribution is -2.52. The SMILES string of the molecule is CNc1cc2c(cc1Cl)N(c1nn[nH]n1)CC(C(=O)N1CCC(C#N)(Cc3ccc(F)cc3)CC1)O2. The molecule has 1 aromatic heterocycles. The standard InChI is InChI=1S/C24H24ClFN8O2/c1-28-18-11-20-19(10-17(18)25)34(23-29-31-32-30-23)13-21(36-20)22(35)33-8-6-24(14-27,7-9-33)12-15-2-4-16(26)5-3-15/h2-5,10-11,21,28H,6-9,12-13H2,1H3,(H,29,30,31,32). The van der Waals surface area contributed by atoms with E-state index in [0.29, 0.717) is 60.4 Å². The average molecular weight is 511 g/mol. The van der Waals surface area contributed by atoms with E-state index in [1.807, 2.05) is 0 Å². The van der Waals surface area contributed by atoms with Crippen molar-refractivity contribution in [2.75, 3.05) is 36.9 Å². The van der Waals surface area contributed by atoms with Crippen molar-refractivity contribution in [2.24, 2.45) is 5.41 Å². The number of piperidine rings is 1. The van der Waals surface area contributed by atoms with Gasteiger partial charge in [-0.05, 0) is 48.2 Å². The molecule has 10 nitrogen and oxygen atoms in total. The van der Waals surface area contributed by atoms with E-state index in [4.69, 9.17) is 16.3 Å². The minimum atomic E-state index is -0.812. The highest BCUT2D eigenvalue weighted by atomic mass is 35.5. The van der Waals surface area contributed by atoms with Crippen LogP contribution in [0.4, 0.5) is 21.7 Å². The van der Waals surface area contributed by atoms with Crippen molar-refractivity contribution in [1.82, 2.24) is 25.5 Å². The van der Waals surface area contributed by atoms with Gasteiger partial charge < -0.3 is 19.9 Å². The smallest absolute Gasteiger partial charge is 0.270 e. The Hall–Kier alpha value is -3.91. The van der Waals surface area contributed by atoms with Crippen LogP contribution in [-0.4, -0.2) is 64.2 Å². The summed E-state index contributed by atoms with van der Waals surface area (Å²) in [6.07, 6.45) is 0.736. The number of carbonyl (C=O) groups excluding carboxylic acids is 1. The highest BCUT2D eigenvalue weighted by Gasteiger charge is 2.41. The number of H-pyrrole nitrogens is 1. The summed E-state index contributed by atoms with van der Waals surface area (Å²) in [5.74, 6) is 0.284. The highest BCUT2D eigenvalue weighted by molar-refractivity contribution is 6.33. The number of hydrogen-bond donors (Lipinski definition) is 2. The number of anilines is 3. The van der Waals surface area contributed by atoms with Gasteiger partial charge in [-0.3, -0.25) is 4.79 Å². The number of nitrogens with zero attached hydrogens (tertiary/aromatic N) is 6. The van der Waals surface area contributed by atoms with Gasteiger partial charge in [0.25, 0.3) is 11.9 Å². The van der Waals surface area contributed by atoms with E-state index in [-0.39, 0.29) is 18.3 Å². The number of nitriles is 1. The Morgan fingerprint density at radius 3 is 2.72 bits per heavy atom. The molecule has 0 radical (unpaired) electrons. The summed E-state index contributed by atoms with van der Waals surface area (Å²) in [7, 11) is 1.75. The number of fused-ring (bicyclic) bond motifs is 1. The van der Waals surface area contributed by atoms with Crippen LogP contribution in [0.25, 0.3) is 0 Å². The Balaban J connectivity index is 1.33. The maximum atomic E-state index is 13.5. The summed E-state index contributed by atoms with van der Waals surface area (Å²) >= 11 is 6.39. The molecule has 0 bridgehead atoms. The van der Waals surface area contributed by atoms with Crippen molar-refractivity contribution in [3.63, 3.8) is 0 Å². The largest absolute Gasteiger partial charge is 0.476 e. The molecule has 3 aromatic rings. The first-order valence-corrected chi connectivity index (χ1v) is 11.9. The first-order valence-electron chi connectivity index (χ1n) is 11.5. The van der Waals surface area contributed by atoms with Crippen molar-refractivity contribution in [3.05, 3.63) is 52.8 Å². The number of carbonyl (C=O) groups is 1. The molecule has 0 spiro atoms. The third kappa shape index (κ3) is 4.52. The van der Waals surface area contributed by atoms with E-state index in [1.165, 1.54) is 12.1 Å². The third-order valence-corrected chi connectivity index (χ3v) is 7.12. The first-order chi connectivity index (χ1) is 17.4. The van der Waals surface area contributed by atoms with Crippen LogP contribution in [0.2, 0.25) is 5.02 Å². The van der Waals surface area contributed by atoms with E-state index in [1.54, 1.807) is 41.1 Å². The number of benzene rings is 2. The molecule has 3 heterocycles. The van der Waals surface area contributed by atoms with Crippen molar-refractivity contribution >= 4 is 34.8 Å². The van der Waals surface area contributed by atoms with Crippen LogP contribution in [0.5, 0.6) is 5.75 Å². The van der Waals surface area contributed by atoms with E-state index in [0.717, 1.165) is 5.56 Å². The second kappa shape index (κ2) is 9.62. The topological polar surface area (TPSA) is 123 Å². The fraction of sp³-hybridized carbons (Fsp3) is 0.375. The summed E-state index contributed by atoms with van der Waals surface area (Å²) in [6.45, 7) is 1.02. The first kappa shape index (κ1) is 23.8. The summed E-state index contributed by atoms with van der Waals surface area (Å²) in [5.41, 5.74) is 1.59. The van der Waals surface area contributed by atoms with Crippen LogP contribution in [-0.2, 0) is 11.2 Å². The normalized spacial score (nSPS) is 18.7. The summed E-state index contributed by atoms with van der Waals surface area (Å²) in [4.78, 5) is 17.0. The molecule has 1 amide bonds. The predicted molar refractivity (Wildman–Crippen MR) is 131 cm³/mol. The van der Waals surface area contributed by atoms with Gasteiger partial charge in [-0.1, -0.05) is 28.8 Å². The Labute approximate surface area is 212 Å². The van der Waals surface area contributed by atoms with Crippen LogP contribution in [0.1, 0.15) is 18.4 Å². The van der Waals surface area contributed by atoms with Crippen LogP contribution in [0.15, 0.2) is 36.4 Å². The van der Waals surface area contributed by atoms with Crippen molar-refractivity contribution in [2.45, 2.75) is 25.4 Å². The zero-order valence-electron chi connectivity index (χ0n) is 19.5. The van der Waals surface area contributed by atoms with E-state index in [9.17, 15) is 14.4 Å². The van der Waals surface area contributed by atoms with Gasteiger partial charge in [0.05, 0.1) is 34.4 Å². The van der Waals surface area contributed by atoms with Crippen molar-refractivity contribution < 1.29 is 13.9 Å². The fourth-order valence-electron chi connectivity index (χ4n) is 4.76. The molecule has 2 aliphatic heterocycles. The van der Waals surface area contributed by atoms with Gasteiger partial charge in [0.15, 0.2) is 6.10 Å².